The third kappa shape index (κ3) is 3.13. The van der Waals surface area contributed by atoms with Crippen LogP contribution in [0.2, 0.25) is 0 Å². The number of para-hydroxylation sites is 1. The number of nitrogens with two attached hydrogens (primary N) is 1. The van der Waals surface area contributed by atoms with E-state index in [9.17, 15) is 8.78 Å². The van der Waals surface area contributed by atoms with Crippen molar-refractivity contribution in [2.75, 3.05) is 6.54 Å². The van der Waals surface area contributed by atoms with E-state index in [1.54, 1.807) is 18.2 Å². The van der Waals surface area contributed by atoms with Crippen LogP contribution in [0.4, 0.5) is 8.78 Å². The van der Waals surface area contributed by atoms with Crippen LogP contribution in [-0.4, -0.2) is 18.1 Å². The van der Waals surface area contributed by atoms with Crippen molar-refractivity contribution in [3.8, 4) is 17.0 Å². The Morgan fingerprint density at radius 2 is 2.05 bits per heavy atom. The van der Waals surface area contributed by atoms with Gasteiger partial charge in [0.1, 0.15) is 10.8 Å². The fraction of sp³-hybridized carbons (Fsp3) is 0.357. The largest absolute Gasteiger partial charge is 0.434 e. The number of rotatable bonds is 5. The molecule has 3 nitrogen and oxygen atoms in total. The van der Waals surface area contributed by atoms with Crippen molar-refractivity contribution >= 4 is 11.3 Å². The molecule has 1 aromatic heterocycles. The number of benzene rings is 1. The van der Waals surface area contributed by atoms with E-state index in [1.807, 2.05) is 19.2 Å². The molecule has 2 rings (SSSR count). The van der Waals surface area contributed by atoms with E-state index in [0.717, 1.165) is 5.01 Å². The molecule has 2 aromatic rings. The van der Waals surface area contributed by atoms with Crippen molar-refractivity contribution in [2.45, 2.75) is 25.9 Å². The fourth-order valence-corrected chi connectivity index (χ4v) is 2.63. The Kier molecular flexibility index (Phi) is 4.35. The van der Waals surface area contributed by atoms with E-state index in [-0.39, 0.29) is 11.2 Å². The summed E-state index contributed by atoms with van der Waals surface area (Å²) >= 11 is 1.47. The van der Waals surface area contributed by atoms with Crippen LogP contribution in [0.15, 0.2) is 29.6 Å². The molecule has 0 amide bonds. The van der Waals surface area contributed by atoms with E-state index in [4.69, 9.17) is 5.73 Å². The average Bonchev–Trinajstić information content (AvgIpc) is 2.89. The number of thiazole rings is 1. The van der Waals surface area contributed by atoms with Gasteiger partial charge in [0.05, 0.1) is 5.69 Å². The van der Waals surface area contributed by atoms with Gasteiger partial charge in [-0.05, 0) is 12.1 Å². The Labute approximate surface area is 120 Å². The first-order valence-corrected chi connectivity index (χ1v) is 7.02. The van der Waals surface area contributed by atoms with Gasteiger partial charge in [-0.2, -0.15) is 8.78 Å². The second-order valence-electron chi connectivity index (χ2n) is 5.00. The summed E-state index contributed by atoms with van der Waals surface area (Å²) in [5, 5.41) is 2.71. The van der Waals surface area contributed by atoms with Crippen LogP contribution < -0.4 is 10.5 Å². The number of nitrogens with zero attached hydrogens (tertiary/aromatic N) is 1. The molecule has 108 valence electrons. The maximum Gasteiger partial charge on any atom is 0.387 e. The highest BCUT2D eigenvalue weighted by Crippen LogP contribution is 2.34. The number of halogens is 2. The maximum absolute atomic E-state index is 12.4. The van der Waals surface area contributed by atoms with Crippen molar-refractivity contribution in [3.05, 3.63) is 34.7 Å². The van der Waals surface area contributed by atoms with E-state index in [2.05, 4.69) is 9.72 Å². The third-order valence-electron chi connectivity index (χ3n) is 2.97. The summed E-state index contributed by atoms with van der Waals surface area (Å²) in [6.45, 7) is 1.61. The molecule has 0 fully saturated rings. The first-order chi connectivity index (χ1) is 9.44. The van der Waals surface area contributed by atoms with Crippen molar-refractivity contribution < 1.29 is 13.5 Å². The number of ether oxygens (including phenoxy) is 1. The fourth-order valence-electron chi connectivity index (χ4n) is 1.67. The molecule has 0 saturated carbocycles. The lowest BCUT2D eigenvalue weighted by Gasteiger charge is -2.18. The maximum atomic E-state index is 12.4. The Balaban J connectivity index is 2.38. The summed E-state index contributed by atoms with van der Waals surface area (Å²) in [5.41, 5.74) is 6.68. The topological polar surface area (TPSA) is 48.1 Å². The molecule has 0 saturated heterocycles. The second-order valence-corrected chi connectivity index (χ2v) is 5.86. The summed E-state index contributed by atoms with van der Waals surface area (Å²) in [4.78, 5) is 4.50. The lowest BCUT2D eigenvalue weighted by molar-refractivity contribution is -0.0494. The molecule has 20 heavy (non-hydrogen) atoms. The molecule has 0 radical (unpaired) electrons. The van der Waals surface area contributed by atoms with Crippen molar-refractivity contribution in [1.29, 1.82) is 0 Å². The summed E-state index contributed by atoms with van der Waals surface area (Å²) in [5.74, 6) is 0.130. The molecular weight excluding hydrogens is 282 g/mol. The van der Waals surface area contributed by atoms with Crippen LogP contribution >= 0.6 is 11.3 Å². The molecule has 2 N–H and O–H groups in total. The first kappa shape index (κ1) is 14.9. The molecule has 0 bridgehead atoms. The van der Waals surface area contributed by atoms with E-state index >= 15 is 0 Å². The van der Waals surface area contributed by atoms with Crippen molar-refractivity contribution in [3.63, 3.8) is 0 Å². The molecule has 0 aliphatic rings. The quantitative estimate of drug-likeness (QED) is 0.916. The van der Waals surface area contributed by atoms with Gasteiger partial charge in [-0.15, -0.1) is 11.3 Å². The third-order valence-corrected chi connectivity index (χ3v) is 4.18. The highest BCUT2D eigenvalue weighted by molar-refractivity contribution is 7.10. The summed E-state index contributed by atoms with van der Waals surface area (Å²) in [7, 11) is 0. The lowest BCUT2D eigenvalue weighted by atomic mass is 9.95. The van der Waals surface area contributed by atoms with E-state index in [1.165, 1.54) is 17.4 Å². The Bertz CT molecular complexity index is 584. The highest BCUT2D eigenvalue weighted by Gasteiger charge is 2.23. The average molecular weight is 298 g/mol. The zero-order valence-corrected chi connectivity index (χ0v) is 12.1. The molecular formula is C14H16F2N2OS. The van der Waals surface area contributed by atoms with Crippen LogP contribution in [-0.2, 0) is 5.41 Å². The van der Waals surface area contributed by atoms with Crippen molar-refractivity contribution in [1.82, 2.24) is 4.98 Å². The molecule has 1 aromatic carbocycles. The first-order valence-electron chi connectivity index (χ1n) is 6.14. The molecule has 0 spiro atoms. The van der Waals surface area contributed by atoms with Gasteiger partial charge in [0, 0.05) is 22.9 Å². The number of hydrogen-bond donors (Lipinski definition) is 1. The predicted octanol–water partition coefficient (Wildman–Crippen LogP) is 3.65. The Morgan fingerprint density at radius 3 is 2.70 bits per heavy atom. The summed E-state index contributed by atoms with van der Waals surface area (Å²) in [6, 6.07) is 6.64. The summed E-state index contributed by atoms with van der Waals surface area (Å²) < 4.78 is 29.3. The minimum Gasteiger partial charge on any atom is -0.434 e. The van der Waals surface area contributed by atoms with Crippen LogP contribution in [0.3, 0.4) is 0 Å². The normalized spacial score (nSPS) is 11.9. The molecule has 6 heteroatoms. The van der Waals surface area contributed by atoms with Gasteiger partial charge in [-0.1, -0.05) is 26.0 Å². The van der Waals surface area contributed by atoms with Gasteiger partial charge in [0.2, 0.25) is 0 Å². The number of alkyl halides is 2. The van der Waals surface area contributed by atoms with Crippen LogP contribution in [0, 0.1) is 0 Å². The number of aromatic nitrogens is 1. The van der Waals surface area contributed by atoms with Gasteiger partial charge in [0.25, 0.3) is 0 Å². The Morgan fingerprint density at radius 1 is 1.35 bits per heavy atom. The standard InChI is InChI=1S/C14H16F2N2OS/c1-14(2,8-17)12-18-10(7-20-12)9-5-3-4-6-11(9)19-13(15)16/h3-7,13H,8,17H2,1-2H3. The summed E-state index contributed by atoms with van der Waals surface area (Å²) in [6.07, 6.45) is 0. The second kappa shape index (κ2) is 5.85. The van der Waals surface area contributed by atoms with Gasteiger partial charge in [0.15, 0.2) is 0 Å². The number of hydrogen-bond acceptors (Lipinski definition) is 4. The van der Waals surface area contributed by atoms with E-state index in [0.29, 0.717) is 17.8 Å². The van der Waals surface area contributed by atoms with Crippen LogP contribution in [0.5, 0.6) is 5.75 Å². The van der Waals surface area contributed by atoms with Crippen LogP contribution in [0.1, 0.15) is 18.9 Å². The molecule has 0 aliphatic carbocycles. The monoisotopic (exact) mass is 298 g/mol. The van der Waals surface area contributed by atoms with Crippen LogP contribution in [0.25, 0.3) is 11.3 Å². The van der Waals surface area contributed by atoms with Gasteiger partial charge < -0.3 is 10.5 Å². The van der Waals surface area contributed by atoms with Gasteiger partial charge >= 0.3 is 6.61 Å². The zero-order valence-electron chi connectivity index (χ0n) is 11.3. The molecule has 0 aliphatic heterocycles. The molecule has 0 atom stereocenters. The minimum absolute atomic E-state index is 0.130. The SMILES string of the molecule is CC(C)(CN)c1nc(-c2ccccc2OC(F)F)cs1. The van der Waals surface area contributed by atoms with E-state index < -0.39 is 6.61 Å². The van der Waals surface area contributed by atoms with Crippen molar-refractivity contribution in [2.24, 2.45) is 5.73 Å². The lowest BCUT2D eigenvalue weighted by Crippen LogP contribution is -2.27. The van der Waals surface area contributed by atoms with Gasteiger partial charge in [-0.3, -0.25) is 0 Å². The highest BCUT2D eigenvalue weighted by atomic mass is 32.1. The minimum atomic E-state index is -2.85. The van der Waals surface area contributed by atoms with Gasteiger partial charge in [-0.25, -0.2) is 4.98 Å². The zero-order chi connectivity index (χ0) is 14.8. The molecule has 0 unspecified atom stereocenters. The molecule has 1 heterocycles. The smallest absolute Gasteiger partial charge is 0.387 e. The Hall–Kier alpha value is -1.53. The predicted molar refractivity (Wildman–Crippen MR) is 76.3 cm³/mol.